The highest BCUT2D eigenvalue weighted by Crippen LogP contribution is 2.37. The van der Waals surface area contributed by atoms with Gasteiger partial charge in [0, 0.05) is 0 Å². The molecule has 244 valence electrons. The summed E-state index contributed by atoms with van der Waals surface area (Å²) in [4.78, 5) is 12.9. The van der Waals surface area contributed by atoms with Crippen LogP contribution in [0.3, 0.4) is 0 Å². The number of ether oxygens (including phenoxy) is 4. The van der Waals surface area contributed by atoms with Crippen molar-refractivity contribution in [1.29, 1.82) is 0 Å². The molecule has 0 aliphatic heterocycles. The number of aliphatic hydroxyl groups is 1. The molecule has 7 nitrogen and oxygen atoms in total. The van der Waals surface area contributed by atoms with Gasteiger partial charge < -0.3 is 28.5 Å². The lowest BCUT2D eigenvalue weighted by Gasteiger charge is -2.43. The van der Waals surface area contributed by atoms with Crippen molar-refractivity contribution in [3.05, 3.63) is 97.1 Å². The topological polar surface area (TPSA) is 83.5 Å². The maximum Gasteiger partial charge on any atom is 0.309 e. The predicted molar refractivity (Wildman–Crippen MR) is 182 cm³/mol. The van der Waals surface area contributed by atoms with E-state index in [1.807, 2.05) is 81.4 Å². The molecule has 0 aliphatic carbocycles. The number of hydrogen-bond donors (Lipinski definition) is 1. The molecule has 45 heavy (non-hydrogen) atoms. The monoisotopic (exact) mass is 634 g/mol. The van der Waals surface area contributed by atoms with Crippen LogP contribution in [-0.2, 0) is 18.7 Å². The number of methoxy groups -OCH3 is 1. The maximum absolute atomic E-state index is 12.9. The molecule has 3 aromatic rings. The normalized spacial score (nSPS) is 13.5. The molecule has 0 saturated carbocycles. The van der Waals surface area contributed by atoms with Gasteiger partial charge in [-0.2, -0.15) is 0 Å². The van der Waals surface area contributed by atoms with Gasteiger partial charge in [-0.25, -0.2) is 0 Å². The van der Waals surface area contributed by atoms with Gasteiger partial charge in [-0.3, -0.25) is 4.79 Å². The molecule has 0 fully saturated rings. The SMILES string of the molecule is C=C(CCO[C@@H](CC(=O)OC(C)(C)C)[C@H](O)CO[Si](c1ccccc1)(c1ccccc1)C(C)(C)C)COc1ccc(OC)cc1. The molecule has 0 amide bonds. The summed E-state index contributed by atoms with van der Waals surface area (Å²) in [5.74, 6) is 1.01. The highest BCUT2D eigenvalue weighted by atomic mass is 28.4. The molecule has 0 saturated heterocycles. The molecule has 3 rings (SSSR count). The van der Waals surface area contributed by atoms with Crippen molar-refractivity contribution < 1.29 is 33.3 Å². The van der Waals surface area contributed by atoms with Gasteiger partial charge >= 0.3 is 5.97 Å². The standard InChI is InChI=1S/C37H50O7Si/c1-28(26-42-30-21-19-29(40-8)20-22-30)23-24-41-34(25-35(39)44-36(2,3)4)33(38)27-43-45(37(5,6)7,31-15-11-9-12-16-31)32-17-13-10-14-18-32/h9-22,33-34,38H,1,23-27H2,2-8H3/t33-,34+/m1/s1. The lowest BCUT2D eigenvalue weighted by molar-refractivity contribution is -0.161. The summed E-state index contributed by atoms with van der Waals surface area (Å²) < 4.78 is 29.7. The zero-order valence-electron chi connectivity index (χ0n) is 27.9. The van der Waals surface area contributed by atoms with E-state index in [-0.39, 0.29) is 24.7 Å². The van der Waals surface area contributed by atoms with E-state index >= 15 is 0 Å². The molecule has 8 heteroatoms. The third-order valence-electron chi connectivity index (χ3n) is 7.39. The summed E-state index contributed by atoms with van der Waals surface area (Å²) in [6, 6.07) is 27.8. The van der Waals surface area contributed by atoms with Crippen LogP contribution in [-0.4, -0.2) is 64.1 Å². The fourth-order valence-electron chi connectivity index (χ4n) is 5.22. The van der Waals surface area contributed by atoms with E-state index in [1.54, 1.807) is 7.11 Å². The number of carbonyl (C=O) groups excluding carboxylic acids is 1. The molecule has 0 heterocycles. The second-order valence-corrected chi connectivity index (χ2v) is 17.5. The van der Waals surface area contributed by atoms with Gasteiger partial charge in [-0.05, 0) is 72.4 Å². The van der Waals surface area contributed by atoms with Gasteiger partial charge in [-0.15, -0.1) is 0 Å². The summed E-state index contributed by atoms with van der Waals surface area (Å²) in [5.41, 5.74) is 0.158. The maximum atomic E-state index is 12.9. The van der Waals surface area contributed by atoms with Gasteiger partial charge in [0.25, 0.3) is 8.32 Å². The summed E-state index contributed by atoms with van der Waals surface area (Å²) in [6.45, 7) is 16.6. The van der Waals surface area contributed by atoms with Gasteiger partial charge in [-0.1, -0.05) is 88.0 Å². The molecule has 0 spiro atoms. The Morgan fingerprint density at radius 2 is 1.38 bits per heavy atom. The summed E-state index contributed by atoms with van der Waals surface area (Å²) in [6.07, 6.45) is -1.54. The third-order valence-corrected chi connectivity index (χ3v) is 12.4. The minimum atomic E-state index is -2.90. The number of rotatable bonds is 16. The van der Waals surface area contributed by atoms with Crippen LogP contribution in [0.2, 0.25) is 5.04 Å². The lowest BCUT2D eigenvalue weighted by atomic mass is 10.1. The van der Waals surface area contributed by atoms with Crippen molar-refractivity contribution in [2.45, 2.75) is 77.2 Å². The molecule has 0 radical (unpaired) electrons. The Balaban J connectivity index is 1.74. The number of esters is 1. The second kappa shape index (κ2) is 16.2. The molecule has 0 unspecified atom stereocenters. The van der Waals surface area contributed by atoms with Crippen LogP contribution < -0.4 is 19.8 Å². The van der Waals surface area contributed by atoms with E-state index in [4.69, 9.17) is 23.4 Å². The highest BCUT2D eigenvalue weighted by molar-refractivity contribution is 6.99. The third kappa shape index (κ3) is 10.6. The van der Waals surface area contributed by atoms with Crippen molar-refractivity contribution in [3.8, 4) is 11.5 Å². The minimum Gasteiger partial charge on any atom is -0.497 e. The first-order chi connectivity index (χ1) is 21.2. The number of carbonyl (C=O) groups is 1. The van der Waals surface area contributed by atoms with Crippen LogP contribution in [0.15, 0.2) is 97.1 Å². The van der Waals surface area contributed by atoms with Gasteiger partial charge in [0.1, 0.15) is 29.8 Å². The first-order valence-electron chi connectivity index (χ1n) is 15.4. The largest absolute Gasteiger partial charge is 0.497 e. The smallest absolute Gasteiger partial charge is 0.309 e. The van der Waals surface area contributed by atoms with Crippen LogP contribution in [0.1, 0.15) is 54.4 Å². The van der Waals surface area contributed by atoms with Crippen LogP contribution in [0.5, 0.6) is 11.5 Å². The fourth-order valence-corrected chi connectivity index (χ4v) is 9.79. The zero-order chi connectivity index (χ0) is 33.1. The molecule has 0 bridgehead atoms. The molecule has 2 atom stereocenters. The van der Waals surface area contributed by atoms with Gasteiger partial charge in [0.2, 0.25) is 0 Å². The predicted octanol–water partition coefficient (Wildman–Crippen LogP) is 6.07. The van der Waals surface area contributed by atoms with Gasteiger partial charge in [0.15, 0.2) is 0 Å². The Morgan fingerprint density at radius 3 is 1.87 bits per heavy atom. The van der Waals surface area contributed by atoms with Crippen LogP contribution in [0, 0.1) is 0 Å². The van der Waals surface area contributed by atoms with E-state index < -0.39 is 32.1 Å². The fraction of sp³-hybridized carbons (Fsp3) is 0.432. The molecular weight excluding hydrogens is 584 g/mol. The molecule has 0 aliphatic rings. The lowest BCUT2D eigenvalue weighted by Crippen LogP contribution is -2.67. The minimum absolute atomic E-state index is 0.0116. The number of hydrogen-bond acceptors (Lipinski definition) is 7. The van der Waals surface area contributed by atoms with Crippen LogP contribution >= 0.6 is 0 Å². The van der Waals surface area contributed by atoms with Crippen molar-refractivity contribution in [3.63, 3.8) is 0 Å². The number of benzene rings is 3. The quantitative estimate of drug-likeness (QED) is 0.116. The first-order valence-corrected chi connectivity index (χ1v) is 17.4. The van der Waals surface area contributed by atoms with E-state index in [9.17, 15) is 9.90 Å². The Bertz CT molecular complexity index is 1290. The van der Waals surface area contributed by atoms with E-state index in [1.165, 1.54) is 0 Å². The van der Waals surface area contributed by atoms with Crippen LogP contribution in [0.25, 0.3) is 0 Å². The Labute approximate surface area is 270 Å². The van der Waals surface area contributed by atoms with Gasteiger partial charge in [0.05, 0.1) is 32.8 Å². The first kappa shape index (κ1) is 36.0. The summed E-state index contributed by atoms with van der Waals surface area (Å²) >= 11 is 0. The second-order valence-electron chi connectivity index (χ2n) is 13.2. The zero-order valence-corrected chi connectivity index (χ0v) is 28.9. The van der Waals surface area contributed by atoms with Crippen molar-refractivity contribution in [2.75, 3.05) is 26.9 Å². The van der Waals surface area contributed by atoms with Crippen molar-refractivity contribution in [1.82, 2.24) is 0 Å². The Kier molecular flexibility index (Phi) is 13.0. The van der Waals surface area contributed by atoms with Crippen molar-refractivity contribution >= 4 is 24.7 Å². The van der Waals surface area contributed by atoms with E-state index in [0.717, 1.165) is 21.7 Å². The molecule has 3 aromatic carbocycles. The van der Waals surface area contributed by atoms with E-state index in [2.05, 4.69) is 51.6 Å². The average molecular weight is 635 g/mol. The highest BCUT2D eigenvalue weighted by Gasteiger charge is 2.50. The van der Waals surface area contributed by atoms with Crippen molar-refractivity contribution in [2.24, 2.45) is 0 Å². The summed E-state index contributed by atoms with van der Waals surface area (Å²) in [5, 5.41) is 13.5. The summed E-state index contributed by atoms with van der Waals surface area (Å²) in [7, 11) is -1.29. The van der Waals surface area contributed by atoms with E-state index in [0.29, 0.717) is 18.8 Å². The van der Waals surface area contributed by atoms with Crippen LogP contribution in [0.4, 0.5) is 0 Å². The molecule has 0 aromatic heterocycles. The Morgan fingerprint density at radius 1 is 0.844 bits per heavy atom. The average Bonchev–Trinajstić information content (AvgIpc) is 2.99. The molecule has 1 N–H and O–H groups in total. The molecular formula is C37H50O7Si. The Hall–Kier alpha value is -3.43. The number of aliphatic hydroxyl groups excluding tert-OH is 1.